The molecule has 2 aliphatic rings. The summed E-state index contributed by atoms with van der Waals surface area (Å²) in [6.45, 7) is 3.95. The van der Waals surface area contributed by atoms with Crippen LogP contribution in [0, 0.1) is 0 Å². The number of pyridine rings is 1. The lowest BCUT2D eigenvalue weighted by molar-refractivity contribution is 0.0651. The molecule has 2 N–H and O–H groups in total. The van der Waals surface area contributed by atoms with E-state index in [2.05, 4.69) is 33.4 Å². The van der Waals surface area contributed by atoms with Crippen molar-refractivity contribution < 1.29 is 14.7 Å². The number of β-amino-alcohol motifs (C(OH)–C–C–N with tert-alkyl or cyclic N) is 1. The van der Waals surface area contributed by atoms with E-state index in [0.717, 1.165) is 39.0 Å². The van der Waals surface area contributed by atoms with Crippen LogP contribution in [0.5, 0.6) is 0 Å². The Labute approximate surface area is 186 Å². The van der Waals surface area contributed by atoms with E-state index in [4.69, 9.17) is 0 Å². The fourth-order valence-electron chi connectivity index (χ4n) is 4.30. The van der Waals surface area contributed by atoms with Crippen LogP contribution in [0.25, 0.3) is 5.65 Å². The molecule has 1 aromatic carbocycles. The van der Waals surface area contributed by atoms with Crippen molar-refractivity contribution in [1.82, 2.24) is 24.5 Å². The predicted molar refractivity (Wildman–Crippen MR) is 119 cm³/mol. The summed E-state index contributed by atoms with van der Waals surface area (Å²) in [7, 11) is 0. The Morgan fingerprint density at radius 2 is 1.88 bits per heavy atom. The van der Waals surface area contributed by atoms with Gasteiger partial charge < -0.3 is 19.7 Å². The molecular weight excluding hydrogens is 406 g/mol. The van der Waals surface area contributed by atoms with Gasteiger partial charge in [-0.3, -0.25) is 14.5 Å². The predicted octanol–water partition coefficient (Wildman–Crippen LogP) is 1.33. The Balaban J connectivity index is 1.16. The SMILES string of the molecule is O=C(NC[C@H](O)CN1CCc2ccccc2C1)c1cn2cc(C(=O)N3CCC3)ccc2n1. The first-order chi connectivity index (χ1) is 15.6. The molecule has 0 radical (unpaired) electrons. The molecule has 0 spiro atoms. The van der Waals surface area contributed by atoms with Gasteiger partial charge in [0.2, 0.25) is 0 Å². The summed E-state index contributed by atoms with van der Waals surface area (Å²) >= 11 is 0. The van der Waals surface area contributed by atoms with Gasteiger partial charge in [-0.1, -0.05) is 24.3 Å². The lowest BCUT2D eigenvalue weighted by Crippen LogP contribution is -2.42. The van der Waals surface area contributed by atoms with Crippen LogP contribution in [0.4, 0.5) is 0 Å². The molecule has 1 saturated heterocycles. The van der Waals surface area contributed by atoms with Crippen LogP contribution in [0.3, 0.4) is 0 Å². The van der Waals surface area contributed by atoms with Crippen LogP contribution in [-0.2, 0) is 13.0 Å². The third-order valence-electron chi connectivity index (χ3n) is 6.25. The minimum Gasteiger partial charge on any atom is -0.390 e. The summed E-state index contributed by atoms with van der Waals surface area (Å²) in [5.41, 5.74) is 4.11. The summed E-state index contributed by atoms with van der Waals surface area (Å²) in [4.78, 5) is 33.3. The van der Waals surface area contributed by atoms with E-state index >= 15 is 0 Å². The van der Waals surface area contributed by atoms with Crippen molar-refractivity contribution in [3.05, 3.63) is 71.2 Å². The molecule has 1 fully saturated rings. The zero-order valence-corrected chi connectivity index (χ0v) is 17.9. The number of rotatable bonds is 6. The van der Waals surface area contributed by atoms with Gasteiger partial charge >= 0.3 is 0 Å². The fourth-order valence-corrected chi connectivity index (χ4v) is 4.30. The standard InChI is InChI=1S/C24H27N5O3/c30-20(15-27-11-8-17-4-1-2-5-18(17)13-27)12-25-23(31)21-16-29-14-19(6-7-22(29)26-21)24(32)28-9-3-10-28/h1-2,4-7,14,16,20,30H,3,8-13,15H2,(H,25,31)/t20-/m0/s1. The largest absolute Gasteiger partial charge is 0.390 e. The lowest BCUT2D eigenvalue weighted by atomic mass is 10.00. The number of amides is 2. The quantitative estimate of drug-likeness (QED) is 0.612. The number of nitrogens with zero attached hydrogens (tertiary/aromatic N) is 4. The number of fused-ring (bicyclic) bond motifs is 2. The third kappa shape index (κ3) is 4.24. The Morgan fingerprint density at radius 1 is 1.06 bits per heavy atom. The molecule has 32 heavy (non-hydrogen) atoms. The topological polar surface area (TPSA) is 90.2 Å². The molecule has 4 heterocycles. The summed E-state index contributed by atoms with van der Waals surface area (Å²) in [5.74, 6) is -0.339. The van der Waals surface area contributed by atoms with Gasteiger partial charge in [-0.15, -0.1) is 0 Å². The van der Waals surface area contributed by atoms with E-state index in [9.17, 15) is 14.7 Å². The number of likely N-dealkylation sites (tertiary alicyclic amines) is 1. The van der Waals surface area contributed by atoms with E-state index in [-0.39, 0.29) is 24.1 Å². The van der Waals surface area contributed by atoms with Gasteiger partial charge in [0.25, 0.3) is 11.8 Å². The van der Waals surface area contributed by atoms with Crippen molar-refractivity contribution in [2.24, 2.45) is 0 Å². The Bertz CT molecular complexity index is 1150. The number of benzene rings is 1. The molecule has 5 rings (SSSR count). The first-order valence-corrected chi connectivity index (χ1v) is 11.1. The number of aromatic nitrogens is 2. The fraction of sp³-hybridized carbons (Fsp3) is 0.375. The Kier molecular flexibility index (Phi) is 5.63. The minimum atomic E-state index is -0.665. The Morgan fingerprint density at radius 3 is 2.66 bits per heavy atom. The minimum absolute atomic E-state index is 0.00121. The number of hydrogen-bond donors (Lipinski definition) is 2. The third-order valence-corrected chi connectivity index (χ3v) is 6.25. The number of imidazole rings is 1. The molecular formula is C24H27N5O3. The highest BCUT2D eigenvalue weighted by atomic mass is 16.3. The molecule has 166 valence electrons. The monoisotopic (exact) mass is 433 g/mol. The highest BCUT2D eigenvalue weighted by Crippen LogP contribution is 2.18. The number of carbonyl (C=O) groups is 2. The molecule has 0 aliphatic carbocycles. The highest BCUT2D eigenvalue weighted by molar-refractivity contribution is 5.95. The number of aliphatic hydroxyl groups is 1. The van der Waals surface area contributed by atoms with E-state index in [0.29, 0.717) is 17.8 Å². The number of carbonyl (C=O) groups excluding carboxylic acids is 2. The van der Waals surface area contributed by atoms with Gasteiger partial charge in [0.05, 0.1) is 11.7 Å². The number of aliphatic hydroxyl groups excluding tert-OH is 1. The van der Waals surface area contributed by atoms with Crippen LogP contribution in [0.1, 0.15) is 38.4 Å². The summed E-state index contributed by atoms with van der Waals surface area (Å²) in [6, 6.07) is 11.9. The first kappa shape index (κ1) is 20.7. The van der Waals surface area contributed by atoms with Crippen molar-refractivity contribution in [3.63, 3.8) is 0 Å². The molecule has 1 atom stereocenters. The number of hydrogen-bond acceptors (Lipinski definition) is 5. The second-order valence-electron chi connectivity index (χ2n) is 8.57. The maximum absolute atomic E-state index is 12.6. The van der Waals surface area contributed by atoms with Crippen LogP contribution >= 0.6 is 0 Å². The van der Waals surface area contributed by atoms with Crippen molar-refractivity contribution in [3.8, 4) is 0 Å². The van der Waals surface area contributed by atoms with Gasteiger partial charge in [-0.2, -0.15) is 0 Å². The van der Waals surface area contributed by atoms with E-state index < -0.39 is 6.10 Å². The van der Waals surface area contributed by atoms with Gasteiger partial charge in [0.1, 0.15) is 11.3 Å². The average Bonchev–Trinajstić information content (AvgIpc) is 3.19. The van der Waals surface area contributed by atoms with E-state index in [1.165, 1.54) is 11.1 Å². The molecule has 2 aromatic heterocycles. The van der Waals surface area contributed by atoms with Gasteiger partial charge in [-0.05, 0) is 36.1 Å². The van der Waals surface area contributed by atoms with E-state index in [1.807, 2.05) is 6.07 Å². The molecule has 0 unspecified atom stereocenters. The molecule has 2 aliphatic heterocycles. The second kappa shape index (κ2) is 8.72. The maximum Gasteiger partial charge on any atom is 0.271 e. The molecule has 3 aromatic rings. The summed E-state index contributed by atoms with van der Waals surface area (Å²) in [6.07, 6.45) is 4.68. The van der Waals surface area contributed by atoms with Gasteiger partial charge in [-0.25, -0.2) is 4.98 Å². The highest BCUT2D eigenvalue weighted by Gasteiger charge is 2.23. The zero-order valence-electron chi connectivity index (χ0n) is 17.9. The second-order valence-corrected chi connectivity index (χ2v) is 8.57. The molecule has 8 nitrogen and oxygen atoms in total. The average molecular weight is 434 g/mol. The van der Waals surface area contributed by atoms with Crippen molar-refractivity contribution in [1.29, 1.82) is 0 Å². The van der Waals surface area contributed by atoms with Crippen molar-refractivity contribution >= 4 is 17.5 Å². The smallest absolute Gasteiger partial charge is 0.271 e. The summed E-state index contributed by atoms with van der Waals surface area (Å²) in [5, 5.41) is 13.2. The molecule has 8 heteroatoms. The molecule has 2 amide bonds. The van der Waals surface area contributed by atoms with Crippen LogP contribution < -0.4 is 5.32 Å². The summed E-state index contributed by atoms with van der Waals surface area (Å²) < 4.78 is 1.70. The van der Waals surface area contributed by atoms with Crippen molar-refractivity contribution in [2.75, 3.05) is 32.7 Å². The normalized spacial score (nSPS) is 17.0. The first-order valence-electron chi connectivity index (χ1n) is 11.1. The van der Waals surface area contributed by atoms with Crippen LogP contribution in [0.15, 0.2) is 48.8 Å². The molecule has 0 saturated carbocycles. The van der Waals surface area contributed by atoms with Gasteiger partial charge in [0.15, 0.2) is 0 Å². The van der Waals surface area contributed by atoms with Gasteiger partial charge in [0, 0.05) is 51.7 Å². The number of nitrogens with one attached hydrogen (secondary N) is 1. The lowest BCUT2D eigenvalue weighted by Gasteiger charge is -2.30. The molecule has 0 bridgehead atoms. The van der Waals surface area contributed by atoms with Crippen LogP contribution in [-0.4, -0.2) is 74.9 Å². The van der Waals surface area contributed by atoms with Crippen molar-refractivity contribution in [2.45, 2.75) is 25.5 Å². The maximum atomic E-state index is 12.6. The zero-order chi connectivity index (χ0) is 22.1. The van der Waals surface area contributed by atoms with E-state index in [1.54, 1.807) is 33.8 Å². The Hall–Kier alpha value is -3.23. The van der Waals surface area contributed by atoms with Crippen LogP contribution in [0.2, 0.25) is 0 Å².